The topological polar surface area (TPSA) is 51.6 Å². The van der Waals surface area contributed by atoms with Crippen LogP contribution >= 0.6 is 0 Å². The Labute approximate surface area is 90.0 Å². The summed E-state index contributed by atoms with van der Waals surface area (Å²) >= 11 is 0. The predicted octanol–water partition coefficient (Wildman–Crippen LogP) is 0.879. The van der Waals surface area contributed by atoms with Crippen molar-refractivity contribution in [2.24, 2.45) is 5.73 Å². The van der Waals surface area contributed by atoms with E-state index in [1.807, 2.05) is 6.92 Å². The van der Waals surface area contributed by atoms with Crippen LogP contribution in [0, 0.1) is 6.92 Å². The molecule has 4 nitrogen and oxygen atoms in total. The predicted molar refractivity (Wildman–Crippen MR) is 57.4 cm³/mol. The first-order valence-corrected chi connectivity index (χ1v) is 5.38. The van der Waals surface area contributed by atoms with Crippen LogP contribution in [-0.2, 0) is 17.8 Å². The number of ether oxygens (including phenoxy) is 1. The number of hydrogen-bond acceptors (Lipinski definition) is 4. The van der Waals surface area contributed by atoms with E-state index >= 15 is 0 Å². The molecule has 15 heavy (non-hydrogen) atoms. The van der Waals surface area contributed by atoms with Gasteiger partial charge in [-0.15, -0.1) is 0 Å². The van der Waals surface area contributed by atoms with Gasteiger partial charge in [0.25, 0.3) is 0 Å². The summed E-state index contributed by atoms with van der Waals surface area (Å²) in [4.78, 5) is 2.34. The zero-order valence-corrected chi connectivity index (χ0v) is 9.16. The molecule has 4 heteroatoms. The molecule has 0 unspecified atom stereocenters. The van der Waals surface area contributed by atoms with E-state index in [4.69, 9.17) is 14.9 Å². The summed E-state index contributed by atoms with van der Waals surface area (Å²) in [5.74, 6) is 1.91. The maximum atomic E-state index is 5.66. The van der Waals surface area contributed by atoms with Gasteiger partial charge < -0.3 is 14.9 Å². The number of hydrogen-bond donors (Lipinski definition) is 1. The van der Waals surface area contributed by atoms with Crippen LogP contribution in [0.2, 0.25) is 0 Å². The van der Waals surface area contributed by atoms with E-state index in [1.165, 1.54) is 0 Å². The minimum atomic E-state index is 0.481. The Morgan fingerprint density at radius 1 is 1.40 bits per heavy atom. The summed E-state index contributed by atoms with van der Waals surface area (Å²) in [5.41, 5.74) is 6.72. The van der Waals surface area contributed by atoms with Gasteiger partial charge in [-0.1, -0.05) is 0 Å². The minimum absolute atomic E-state index is 0.481. The van der Waals surface area contributed by atoms with Gasteiger partial charge >= 0.3 is 0 Å². The van der Waals surface area contributed by atoms with Crippen LogP contribution in [0.1, 0.15) is 17.1 Å². The van der Waals surface area contributed by atoms with Gasteiger partial charge in [0, 0.05) is 13.1 Å². The lowest BCUT2D eigenvalue weighted by atomic mass is 10.2. The Morgan fingerprint density at radius 3 is 2.73 bits per heavy atom. The van der Waals surface area contributed by atoms with Gasteiger partial charge in [0.05, 0.1) is 26.3 Å². The Balaban J connectivity index is 1.97. The zero-order valence-electron chi connectivity index (χ0n) is 9.16. The average Bonchev–Trinajstić information content (AvgIpc) is 2.60. The molecule has 2 heterocycles. The lowest BCUT2D eigenvalue weighted by molar-refractivity contribution is 0.0312. The molecule has 1 saturated heterocycles. The highest BCUT2D eigenvalue weighted by atomic mass is 16.5. The largest absolute Gasteiger partial charge is 0.463 e. The molecule has 0 atom stereocenters. The molecule has 0 bridgehead atoms. The fraction of sp³-hybridized carbons (Fsp3) is 0.636. The highest BCUT2D eigenvalue weighted by molar-refractivity contribution is 5.19. The number of rotatable bonds is 3. The molecule has 2 rings (SSSR count). The maximum Gasteiger partial charge on any atom is 0.120 e. The number of nitrogens with two attached hydrogens (primary N) is 1. The molecule has 0 radical (unpaired) electrons. The summed E-state index contributed by atoms with van der Waals surface area (Å²) in [7, 11) is 0. The van der Waals surface area contributed by atoms with Gasteiger partial charge in [0.1, 0.15) is 11.5 Å². The SMILES string of the molecule is Cc1cc(CN2CCOCC2)oc1CN. The van der Waals surface area contributed by atoms with Crippen molar-refractivity contribution in [1.29, 1.82) is 0 Å². The summed E-state index contributed by atoms with van der Waals surface area (Å²) < 4.78 is 11.0. The third kappa shape index (κ3) is 2.59. The molecular formula is C11H18N2O2. The maximum absolute atomic E-state index is 5.66. The quantitative estimate of drug-likeness (QED) is 0.804. The molecule has 1 aliphatic rings. The van der Waals surface area contributed by atoms with Crippen LogP contribution < -0.4 is 5.73 Å². The van der Waals surface area contributed by atoms with Gasteiger partial charge in [-0.3, -0.25) is 4.90 Å². The Morgan fingerprint density at radius 2 is 2.13 bits per heavy atom. The normalized spacial score (nSPS) is 18.3. The van der Waals surface area contributed by atoms with E-state index in [0.717, 1.165) is 49.9 Å². The second-order valence-electron chi connectivity index (χ2n) is 3.91. The van der Waals surface area contributed by atoms with Crippen molar-refractivity contribution in [3.05, 3.63) is 23.2 Å². The molecule has 1 aliphatic heterocycles. The Bertz CT molecular complexity index is 316. The van der Waals surface area contributed by atoms with E-state index in [0.29, 0.717) is 6.54 Å². The summed E-state index contributed by atoms with van der Waals surface area (Å²) in [6.07, 6.45) is 0. The summed E-state index contributed by atoms with van der Waals surface area (Å²) in [6, 6.07) is 2.08. The first-order chi connectivity index (χ1) is 7.29. The van der Waals surface area contributed by atoms with Gasteiger partial charge in [0.2, 0.25) is 0 Å². The highest BCUT2D eigenvalue weighted by Gasteiger charge is 2.13. The second-order valence-corrected chi connectivity index (χ2v) is 3.91. The lowest BCUT2D eigenvalue weighted by Crippen LogP contribution is -2.35. The van der Waals surface area contributed by atoms with E-state index in [1.54, 1.807) is 0 Å². The van der Waals surface area contributed by atoms with E-state index < -0.39 is 0 Å². The standard InChI is InChI=1S/C11H18N2O2/c1-9-6-10(15-11(9)7-12)8-13-2-4-14-5-3-13/h6H,2-5,7-8,12H2,1H3. The lowest BCUT2D eigenvalue weighted by Gasteiger charge is -2.25. The van der Waals surface area contributed by atoms with Gasteiger partial charge in [-0.05, 0) is 18.6 Å². The monoisotopic (exact) mass is 210 g/mol. The van der Waals surface area contributed by atoms with Crippen molar-refractivity contribution < 1.29 is 9.15 Å². The number of morpholine rings is 1. The van der Waals surface area contributed by atoms with Crippen molar-refractivity contribution in [2.45, 2.75) is 20.0 Å². The number of nitrogens with zero attached hydrogens (tertiary/aromatic N) is 1. The van der Waals surface area contributed by atoms with Crippen LogP contribution in [0.15, 0.2) is 10.5 Å². The number of aryl methyl sites for hydroxylation is 1. The van der Waals surface area contributed by atoms with Crippen LogP contribution in [0.4, 0.5) is 0 Å². The molecule has 2 N–H and O–H groups in total. The van der Waals surface area contributed by atoms with Crippen molar-refractivity contribution >= 4 is 0 Å². The van der Waals surface area contributed by atoms with Crippen molar-refractivity contribution in [3.63, 3.8) is 0 Å². The molecule has 0 aliphatic carbocycles. The van der Waals surface area contributed by atoms with Gasteiger partial charge in [0.15, 0.2) is 0 Å². The molecular weight excluding hydrogens is 192 g/mol. The summed E-state index contributed by atoms with van der Waals surface area (Å²) in [6.45, 7) is 7.00. The second kappa shape index (κ2) is 4.79. The van der Waals surface area contributed by atoms with Gasteiger partial charge in [-0.2, -0.15) is 0 Å². The molecule has 1 aromatic heterocycles. The van der Waals surface area contributed by atoms with E-state index in [2.05, 4.69) is 11.0 Å². The molecule has 84 valence electrons. The third-order valence-corrected chi connectivity index (χ3v) is 2.74. The Hall–Kier alpha value is -0.840. The Kier molecular flexibility index (Phi) is 3.41. The minimum Gasteiger partial charge on any atom is -0.463 e. The van der Waals surface area contributed by atoms with E-state index in [-0.39, 0.29) is 0 Å². The first-order valence-electron chi connectivity index (χ1n) is 5.38. The fourth-order valence-corrected chi connectivity index (χ4v) is 1.85. The molecule has 0 aromatic carbocycles. The molecule has 0 spiro atoms. The first kappa shape index (κ1) is 10.7. The van der Waals surface area contributed by atoms with Crippen molar-refractivity contribution in [1.82, 2.24) is 4.90 Å². The average molecular weight is 210 g/mol. The van der Waals surface area contributed by atoms with Gasteiger partial charge in [-0.25, -0.2) is 0 Å². The molecule has 1 fully saturated rings. The summed E-state index contributed by atoms with van der Waals surface area (Å²) in [5, 5.41) is 0. The molecule has 1 aromatic rings. The number of furan rings is 1. The van der Waals surface area contributed by atoms with Crippen molar-refractivity contribution in [3.8, 4) is 0 Å². The zero-order chi connectivity index (χ0) is 10.7. The van der Waals surface area contributed by atoms with Crippen LogP contribution in [0.5, 0.6) is 0 Å². The van der Waals surface area contributed by atoms with Crippen LogP contribution in [0.25, 0.3) is 0 Å². The highest BCUT2D eigenvalue weighted by Crippen LogP contribution is 2.16. The van der Waals surface area contributed by atoms with Crippen molar-refractivity contribution in [2.75, 3.05) is 26.3 Å². The van der Waals surface area contributed by atoms with E-state index in [9.17, 15) is 0 Å². The molecule has 0 saturated carbocycles. The van der Waals surface area contributed by atoms with Crippen LogP contribution in [0.3, 0.4) is 0 Å². The van der Waals surface area contributed by atoms with Crippen LogP contribution in [-0.4, -0.2) is 31.2 Å². The molecule has 0 amide bonds. The smallest absolute Gasteiger partial charge is 0.120 e. The fourth-order valence-electron chi connectivity index (χ4n) is 1.85. The third-order valence-electron chi connectivity index (χ3n) is 2.74.